The molecule has 2 aromatic carbocycles. The SMILES string of the molecule is CN1CCN(Cc2cccc(NC(=O)Cc3cc(Cl)c4c(c3)OCCO4)c2)CC1. The number of halogens is 1. The summed E-state index contributed by atoms with van der Waals surface area (Å²) in [5.74, 6) is 1.06. The molecule has 1 fully saturated rings. The number of carbonyl (C=O) groups excluding carboxylic acids is 1. The summed E-state index contributed by atoms with van der Waals surface area (Å²) in [6, 6.07) is 11.6. The van der Waals surface area contributed by atoms with E-state index in [1.807, 2.05) is 24.3 Å². The molecular weight excluding hydrogens is 390 g/mol. The Labute approximate surface area is 176 Å². The van der Waals surface area contributed by atoms with E-state index in [4.69, 9.17) is 21.1 Å². The molecule has 29 heavy (non-hydrogen) atoms. The number of benzene rings is 2. The van der Waals surface area contributed by atoms with Gasteiger partial charge in [-0.15, -0.1) is 0 Å². The Kier molecular flexibility index (Phi) is 6.23. The van der Waals surface area contributed by atoms with E-state index >= 15 is 0 Å². The first-order chi connectivity index (χ1) is 14.1. The quantitative estimate of drug-likeness (QED) is 0.813. The summed E-state index contributed by atoms with van der Waals surface area (Å²) in [4.78, 5) is 17.3. The van der Waals surface area contributed by atoms with Gasteiger partial charge < -0.3 is 19.7 Å². The van der Waals surface area contributed by atoms with E-state index in [9.17, 15) is 4.79 Å². The fraction of sp³-hybridized carbons (Fsp3) is 0.409. The number of amides is 1. The van der Waals surface area contributed by atoms with Crippen molar-refractivity contribution in [3.05, 3.63) is 52.5 Å². The van der Waals surface area contributed by atoms with Gasteiger partial charge in [-0.2, -0.15) is 0 Å². The summed E-state index contributed by atoms with van der Waals surface area (Å²) in [7, 11) is 2.16. The van der Waals surface area contributed by atoms with Crippen LogP contribution in [0, 0.1) is 0 Å². The number of hydrogen-bond acceptors (Lipinski definition) is 5. The van der Waals surface area contributed by atoms with Crippen LogP contribution in [0.3, 0.4) is 0 Å². The van der Waals surface area contributed by atoms with Crippen molar-refractivity contribution in [3.8, 4) is 11.5 Å². The number of anilines is 1. The zero-order valence-corrected chi connectivity index (χ0v) is 17.4. The standard InChI is InChI=1S/C22H26ClN3O3/c1-25-5-7-26(8-6-25)15-16-3-2-4-18(11-16)24-21(27)14-17-12-19(23)22-20(13-17)28-9-10-29-22/h2-4,11-13H,5-10,14-15H2,1H3,(H,24,27). The minimum absolute atomic E-state index is 0.0884. The van der Waals surface area contributed by atoms with Gasteiger partial charge in [0.15, 0.2) is 11.5 Å². The van der Waals surface area contributed by atoms with Crippen LogP contribution in [0.4, 0.5) is 5.69 Å². The van der Waals surface area contributed by atoms with Crippen LogP contribution in [0.15, 0.2) is 36.4 Å². The van der Waals surface area contributed by atoms with Gasteiger partial charge in [0.1, 0.15) is 13.2 Å². The number of nitrogens with one attached hydrogen (secondary N) is 1. The predicted molar refractivity (Wildman–Crippen MR) is 114 cm³/mol. The molecule has 0 atom stereocenters. The number of likely N-dealkylation sites (N-methyl/N-ethyl adjacent to an activating group) is 1. The third-order valence-electron chi connectivity index (χ3n) is 5.23. The van der Waals surface area contributed by atoms with Gasteiger partial charge >= 0.3 is 0 Å². The highest BCUT2D eigenvalue weighted by atomic mass is 35.5. The van der Waals surface area contributed by atoms with Crippen molar-refractivity contribution in [3.63, 3.8) is 0 Å². The van der Waals surface area contributed by atoms with Crippen LogP contribution in [0.25, 0.3) is 0 Å². The molecular formula is C22H26ClN3O3. The Balaban J connectivity index is 1.37. The lowest BCUT2D eigenvalue weighted by Crippen LogP contribution is -2.43. The van der Waals surface area contributed by atoms with Gasteiger partial charge in [0.05, 0.1) is 11.4 Å². The molecule has 2 heterocycles. The van der Waals surface area contributed by atoms with Gasteiger partial charge in [-0.1, -0.05) is 23.7 Å². The van der Waals surface area contributed by atoms with Crippen LogP contribution in [0.1, 0.15) is 11.1 Å². The van der Waals surface area contributed by atoms with Crippen molar-refractivity contribution in [2.45, 2.75) is 13.0 Å². The molecule has 4 rings (SSSR count). The van der Waals surface area contributed by atoms with E-state index in [0.717, 1.165) is 44.0 Å². The number of carbonyl (C=O) groups is 1. The molecule has 1 saturated heterocycles. The lowest BCUT2D eigenvalue weighted by Gasteiger charge is -2.32. The van der Waals surface area contributed by atoms with Gasteiger partial charge in [0.2, 0.25) is 5.91 Å². The minimum atomic E-state index is -0.0884. The number of hydrogen-bond donors (Lipinski definition) is 1. The summed E-state index contributed by atoms with van der Waals surface area (Å²) < 4.78 is 11.1. The second-order valence-electron chi connectivity index (χ2n) is 7.61. The van der Waals surface area contributed by atoms with Crippen LogP contribution in [0.2, 0.25) is 5.02 Å². The topological polar surface area (TPSA) is 54.0 Å². The summed E-state index contributed by atoms with van der Waals surface area (Å²) in [6.45, 7) is 6.18. The number of nitrogens with zero attached hydrogens (tertiary/aromatic N) is 2. The second kappa shape index (κ2) is 9.03. The largest absolute Gasteiger partial charge is 0.486 e. The third kappa shape index (κ3) is 5.21. The Morgan fingerprint density at radius 1 is 1.07 bits per heavy atom. The zero-order chi connectivity index (χ0) is 20.2. The second-order valence-corrected chi connectivity index (χ2v) is 8.01. The fourth-order valence-corrected chi connectivity index (χ4v) is 3.96. The maximum atomic E-state index is 12.6. The molecule has 7 heteroatoms. The predicted octanol–water partition coefficient (Wildman–Crippen LogP) is 3.04. The van der Waals surface area contributed by atoms with E-state index in [0.29, 0.717) is 29.7 Å². The van der Waals surface area contributed by atoms with E-state index in [2.05, 4.69) is 28.2 Å². The average Bonchev–Trinajstić information content (AvgIpc) is 2.70. The van der Waals surface area contributed by atoms with Gasteiger partial charge in [0.25, 0.3) is 0 Å². The molecule has 0 radical (unpaired) electrons. The summed E-state index contributed by atoms with van der Waals surface area (Å²) in [6.07, 6.45) is 0.221. The molecule has 2 aromatic rings. The molecule has 154 valence electrons. The smallest absolute Gasteiger partial charge is 0.228 e. The molecule has 0 bridgehead atoms. The van der Waals surface area contributed by atoms with Gasteiger partial charge in [0, 0.05) is 38.4 Å². The molecule has 0 aliphatic carbocycles. The molecule has 6 nitrogen and oxygen atoms in total. The Morgan fingerprint density at radius 2 is 1.86 bits per heavy atom. The fourth-order valence-electron chi connectivity index (χ4n) is 3.67. The normalized spacial score (nSPS) is 17.2. The van der Waals surface area contributed by atoms with Crippen molar-refractivity contribution in [2.24, 2.45) is 0 Å². The molecule has 0 saturated carbocycles. The van der Waals surface area contributed by atoms with E-state index in [1.54, 1.807) is 6.07 Å². The summed E-state index contributed by atoms with van der Waals surface area (Å²) in [5.41, 5.74) is 2.81. The highest BCUT2D eigenvalue weighted by Gasteiger charge is 2.18. The highest BCUT2D eigenvalue weighted by Crippen LogP contribution is 2.38. The highest BCUT2D eigenvalue weighted by molar-refractivity contribution is 6.32. The van der Waals surface area contributed by atoms with E-state index in [1.165, 1.54) is 5.56 Å². The van der Waals surface area contributed by atoms with Gasteiger partial charge in [-0.3, -0.25) is 9.69 Å². The number of rotatable bonds is 5. The van der Waals surface area contributed by atoms with Crippen molar-refractivity contribution < 1.29 is 14.3 Å². The maximum absolute atomic E-state index is 12.6. The Morgan fingerprint density at radius 3 is 2.69 bits per heavy atom. The number of ether oxygens (including phenoxy) is 2. The van der Waals surface area contributed by atoms with Crippen molar-refractivity contribution >= 4 is 23.2 Å². The lowest BCUT2D eigenvalue weighted by atomic mass is 10.1. The van der Waals surface area contributed by atoms with Crippen molar-refractivity contribution in [1.82, 2.24) is 9.80 Å². The van der Waals surface area contributed by atoms with Crippen LogP contribution in [-0.2, 0) is 17.8 Å². The first-order valence-electron chi connectivity index (χ1n) is 9.94. The monoisotopic (exact) mass is 415 g/mol. The van der Waals surface area contributed by atoms with Crippen LogP contribution < -0.4 is 14.8 Å². The molecule has 0 unspecified atom stereocenters. The number of piperazine rings is 1. The molecule has 1 N–H and O–H groups in total. The van der Waals surface area contributed by atoms with Crippen molar-refractivity contribution in [2.75, 3.05) is 51.8 Å². The Hall–Kier alpha value is -2.28. The van der Waals surface area contributed by atoms with Crippen molar-refractivity contribution in [1.29, 1.82) is 0 Å². The lowest BCUT2D eigenvalue weighted by molar-refractivity contribution is -0.115. The first-order valence-corrected chi connectivity index (χ1v) is 10.3. The number of fused-ring (bicyclic) bond motifs is 1. The Bertz CT molecular complexity index is 882. The van der Waals surface area contributed by atoms with E-state index < -0.39 is 0 Å². The maximum Gasteiger partial charge on any atom is 0.228 e. The zero-order valence-electron chi connectivity index (χ0n) is 16.6. The molecule has 0 spiro atoms. The third-order valence-corrected chi connectivity index (χ3v) is 5.51. The van der Waals surface area contributed by atoms with Gasteiger partial charge in [-0.25, -0.2) is 0 Å². The van der Waals surface area contributed by atoms with E-state index in [-0.39, 0.29) is 12.3 Å². The van der Waals surface area contributed by atoms with Crippen LogP contribution in [0.5, 0.6) is 11.5 Å². The van der Waals surface area contributed by atoms with Crippen LogP contribution in [-0.4, -0.2) is 62.1 Å². The summed E-state index contributed by atoms with van der Waals surface area (Å²) in [5, 5.41) is 3.47. The van der Waals surface area contributed by atoms with Crippen LogP contribution >= 0.6 is 11.6 Å². The average molecular weight is 416 g/mol. The first kappa shape index (κ1) is 20.0. The molecule has 2 aliphatic heterocycles. The molecule has 1 amide bonds. The molecule has 0 aromatic heterocycles. The summed E-state index contributed by atoms with van der Waals surface area (Å²) >= 11 is 6.27. The minimum Gasteiger partial charge on any atom is -0.486 e. The van der Waals surface area contributed by atoms with Gasteiger partial charge in [-0.05, 0) is 42.4 Å². The molecule has 2 aliphatic rings.